The molecule has 0 aliphatic heterocycles. The molecule has 200 valence electrons. The van der Waals surface area contributed by atoms with Gasteiger partial charge in [-0.3, -0.25) is 4.99 Å². The fourth-order valence-electron chi connectivity index (χ4n) is 4.43. The molecule has 5 atom stereocenters. The van der Waals surface area contributed by atoms with Crippen molar-refractivity contribution in [3.63, 3.8) is 0 Å². The molecule has 1 rings (SSSR count). The molecule has 1 aliphatic rings. The maximum absolute atomic E-state index is 10.4. The molecule has 0 saturated heterocycles. The van der Waals surface area contributed by atoms with Crippen LogP contribution in [0.3, 0.4) is 0 Å². The van der Waals surface area contributed by atoms with E-state index >= 15 is 0 Å². The average molecular weight is 487 g/mol. The van der Waals surface area contributed by atoms with Crippen molar-refractivity contribution < 1.29 is 25.2 Å². The Hall–Kier alpha value is -1.68. The number of unbranched alkanes of at least 4 members (excludes halogenated alkanes) is 5. The van der Waals surface area contributed by atoms with Crippen molar-refractivity contribution in [1.82, 2.24) is 0 Å². The summed E-state index contributed by atoms with van der Waals surface area (Å²) in [5, 5.41) is 39.1. The molecule has 0 unspecified atom stereocenters. The molecular weight excluding hydrogens is 436 g/mol. The zero-order chi connectivity index (χ0) is 25.8. The lowest BCUT2D eigenvalue weighted by atomic mass is 9.84. The van der Waals surface area contributed by atoms with E-state index in [1.54, 1.807) is 6.08 Å². The van der Waals surface area contributed by atoms with Gasteiger partial charge >= 0.3 is 5.97 Å². The first-order valence-corrected chi connectivity index (χ1v) is 12.9. The minimum Gasteiger partial charge on any atom is -0.478 e. The third kappa shape index (κ3) is 16.9. The molecule has 0 aromatic rings. The third-order valence-electron chi connectivity index (χ3n) is 6.32. The Morgan fingerprint density at radius 1 is 1.00 bits per heavy atom. The monoisotopic (exact) mass is 486 g/mol. The Kier molecular flexibility index (Phi) is 19.7. The third-order valence-corrected chi connectivity index (χ3v) is 6.32. The largest absolute Gasteiger partial charge is 0.478 e. The van der Waals surface area contributed by atoms with E-state index < -0.39 is 18.2 Å². The zero-order valence-corrected chi connectivity index (χ0v) is 21.0. The van der Waals surface area contributed by atoms with Gasteiger partial charge in [-0.05, 0) is 76.2 Å². The Morgan fingerprint density at radius 2 is 1.68 bits per heavy atom. The molecule has 34 heavy (non-hydrogen) atoms. The van der Waals surface area contributed by atoms with Crippen molar-refractivity contribution in [3.8, 4) is 0 Å². The second-order valence-corrected chi connectivity index (χ2v) is 9.25. The van der Waals surface area contributed by atoms with Gasteiger partial charge in [0.15, 0.2) is 5.96 Å². The van der Waals surface area contributed by atoms with Crippen LogP contribution in [0, 0.1) is 11.8 Å². The van der Waals surface area contributed by atoms with Crippen molar-refractivity contribution in [3.05, 3.63) is 12.2 Å². The second kappa shape index (κ2) is 20.7. The summed E-state index contributed by atoms with van der Waals surface area (Å²) in [5.41, 5.74) is 15.4. The molecule has 1 fully saturated rings. The van der Waals surface area contributed by atoms with Crippen molar-refractivity contribution in [2.24, 2.45) is 34.0 Å². The number of allylic oxidation sites excluding steroid dienone is 1. The number of aliphatic imine (C=N–C) groups is 1. The molecule has 10 N–H and O–H groups in total. The highest BCUT2D eigenvalue weighted by Gasteiger charge is 2.40. The van der Waals surface area contributed by atoms with Gasteiger partial charge in [-0.15, -0.1) is 0 Å². The summed E-state index contributed by atoms with van der Waals surface area (Å²) in [6, 6.07) is 0. The Bertz CT molecular complexity index is 570. The number of carboxylic acids is 1. The van der Waals surface area contributed by atoms with E-state index in [2.05, 4.69) is 11.9 Å². The zero-order valence-electron chi connectivity index (χ0n) is 21.0. The first-order chi connectivity index (χ1) is 16.2. The van der Waals surface area contributed by atoms with Gasteiger partial charge in [-0.25, -0.2) is 4.79 Å². The number of carboxylic acid groups (broad SMARTS) is 1. The number of aliphatic hydroxyl groups is 3. The molecule has 1 saturated carbocycles. The van der Waals surface area contributed by atoms with Gasteiger partial charge in [-0.2, -0.15) is 0 Å². The summed E-state index contributed by atoms with van der Waals surface area (Å²) >= 11 is 0. The van der Waals surface area contributed by atoms with Crippen LogP contribution in [-0.2, 0) is 4.79 Å². The fourth-order valence-corrected chi connectivity index (χ4v) is 4.43. The quantitative estimate of drug-likeness (QED) is 0.0705. The first kappa shape index (κ1) is 32.3. The van der Waals surface area contributed by atoms with Gasteiger partial charge in [-0.1, -0.05) is 38.7 Å². The van der Waals surface area contributed by atoms with Crippen LogP contribution in [0.15, 0.2) is 17.1 Å². The number of hydrogen-bond acceptors (Lipinski definition) is 6. The Morgan fingerprint density at radius 3 is 2.26 bits per heavy atom. The number of aliphatic hydroxyl groups excluding tert-OH is 3. The smallest absolute Gasteiger partial charge is 0.327 e. The van der Waals surface area contributed by atoms with E-state index in [1.165, 1.54) is 0 Å². The number of hydrogen-bond donors (Lipinski definition) is 7. The van der Waals surface area contributed by atoms with Crippen LogP contribution in [0.4, 0.5) is 0 Å². The van der Waals surface area contributed by atoms with E-state index in [-0.39, 0.29) is 23.9 Å². The maximum atomic E-state index is 10.4. The molecule has 0 amide bonds. The summed E-state index contributed by atoms with van der Waals surface area (Å²) in [7, 11) is 0. The van der Waals surface area contributed by atoms with Crippen LogP contribution in [0.25, 0.3) is 0 Å². The lowest BCUT2D eigenvalue weighted by Gasteiger charge is -2.24. The second-order valence-electron chi connectivity index (χ2n) is 9.25. The van der Waals surface area contributed by atoms with Gasteiger partial charge in [0.2, 0.25) is 0 Å². The van der Waals surface area contributed by atoms with E-state index in [1.807, 2.05) is 0 Å². The molecule has 9 heteroatoms. The standard InChI is InChI=1S/C20H36O5.C5H14N4/c1-2-3-6-9-15(21)12-13-17-16(18(22)14-19(17)23)10-7-4-5-8-11-20(24)25;6-3-1-2-4-9-5(7)8/h8,11,15-19,21-23H,2-7,9-10,12-14H2,1H3,(H,24,25);1-4,6H2,(H4,7,8,9)/t15-,16+,17+,18+,19+;/m0./s1. The number of rotatable bonds is 17. The predicted octanol–water partition coefficient (Wildman–Crippen LogP) is 2.27. The van der Waals surface area contributed by atoms with Crippen LogP contribution in [0.2, 0.25) is 0 Å². The highest BCUT2D eigenvalue weighted by Crippen LogP contribution is 2.39. The molecule has 0 spiro atoms. The van der Waals surface area contributed by atoms with Crippen molar-refractivity contribution in [2.45, 2.75) is 109 Å². The van der Waals surface area contributed by atoms with E-state index in [4.69, 9.17) is 22.3 Å². The fraction of sp³-hybridized carbons (Fsp3) is 0.840. The minimum absolute atomic E-state index is 0.0605. The molecule has 1 aliphatic carbocycles. The molecular formula is C25H50N4O5. The molecule has 0 aromatic heterocycles. The summed E-state index contributed by atoms with van der Waals surface area (Å²) in [4.78, 5) is 14.2. The van der Waals surface area contributed by atoms with Gasteiger partial charge < -0.3 is 37.6 Å². The average Bonchev–Trinajstić information content (AvgIpc) is 3.04. The van der Waals surface area contributed by atoms with Crippen molar-refractivity contribution >= 4 is 11.9 Å². The van der Waals surface area contributed by atoms with Crippen molar-refractivity contribution in [1.29, 1.82) is 0 Å². The van der Waals surface area contributed by atoms with Crippen LogP contribution < -0.4 is 17.2 Å². The lowest BCUT2D eigenvalue weighted by Crippen LogP contribution is -2.24. The number of guanidine groups is 1. The first-order valence-electron chi connectivity index (χ1n) is 12.9. The maximum Gasteiger partial charge on any atom is 0.327 e. The number of nitrogens with zero attached hydrogens (tertiary/aromatic N) is 1. The topological polar surface area (TPSA) is 188 Å². The normalized spacial score (nSPS) is 22.9. The van der Waals surface area contributed by atoms with Crippen LogP contribution in [0.1, 0.15) is 90.4 Å². The van der Waals surface area contributed by atoms with Gasteiger partial charge in [0.05, 0.1) is 18.3 Å². The number of aliphatic carboxylic acids is 1. The van der Waals surface area contributed by atoms with E-state index in [0.717, 1.165) is 76.7 Å². The summed E-state index contributed by atoms with van der Waals surface area (Å²) in [6.45, 7) is 3.55. The highest BCUT2D eigenvalue weighted by molar-refractivity contribution is 5.79. The number of nitrogens with two attached hydrogens (primary N) is 3. The Balaban J connectivity index is 0.00000102. The highest BCUT2D eigenvalue weighted by atomic mass is 16.4. The predicted molar refractivity (Wildman–Crippen MR) is 137 cm³/mol. The molecule has 0 radical (unpaired) electrons. The molecule has 0 aromatic carbocycles. The van der Waals surface area contributed by atoms with Crippen LogP contribution in [-0.4, -0.2) is 63.8 Å². The summed E-state index contributed by atoms with van der Waals surface area (Å²) in [5.74, 6) is -0.620. The summed E-state index contributed by atoms with van der Waals surface area (Å²) in [6.07, 6.45) is 12.9. The van der Waals surface area contributed by atoms with Gasteiger partial charge in [0.1, 0.15) is 0 Å². The molecule has 0 bridgehead atoms. The van der Waals surface area contributed by atoms with E-state index in [0.29, 0.717) is 25.9 Å². The number of carbonyl (C=O) groups is 1. The molecule has 0 heterocycles. The van der Waals surface area contributed by atoms with Crippen LogP contribution in [0.5, 0.6) is 0 Å². The SMILES string of the molecule is CCCCC[C@H](O)CC[C@@H]1[C@@H](CCCCC=CC(=O)O)[C@H](O)C[C@H]1O.NCCCCN=C(N)N. The van der Waals surface area contributed by atoms with Gasteiger partial charge in [0, 0.05) is 12.6 Å². The lowest BCUT2D eigenvalue weighted by molar-refractivity contribution is -0.131. The van der Waals surface area contributed by atoms with Crippen LogP contribution >= 0.6 is 0 Å². The van der Waals surface area contributed by atoms with Crippen molar-refractivity contribution in [2.75, 3.05) is 13.1 Å². The minimum atomic E-state index is -0.924. The van der Waals surface area contributed by atoms with E-state index in [9.17, 15) is 20.1 Å². The van der Waals surface area contributed by atoms with Gasteiger partial charge in [0.25, 0.3) is 0 Å². The summed E-state index contributed by atoms with van der Waals surface area (Å²) < 4.78 is 0. The molecule has 9 nitrogen and oxygen atoms in total. The Labute approximate surface area is 205 Å².